The number of alkyl halides is 2. The van der Waals surface area contributed by atoms with E-state index in [1.807, 2.05) is 0 Å². The molecule has 6 nitrogen and oxygen atoms in total. The van der Waals surface area contributed by atoms with Crippen LogP contribution in [0.2, 0.25) is 0 Å². The van der Waals surface area contributed by atoms with Crippen molar-refractivity contribution in [2.75, 3.05) is 26.4 Å². The van der Waals surface area contributed by atoms with Gasteiger partial charge >= 0.3 is 19.2 Å². The lowest BCUT2D eigenvalue weighted by Crippen LogP contribution is -2.32. The fourth-order valence-corrected chi connectivity index (χ4v) is 5.49. The molecule has 9 heteroatoms. The molecular weight excluding hydrogens is 477 g/mol. The van der Waals surface area contributed by atoms with E-state index in [1.54, 1.807) is 0 Å². The molecule has 0 N–H and O–H groups in total. The van der Waals surface area contributed by atoms with Crippen molar-refractivity contribution in [3.05, 3.63) is 0 Å². The Kier molecular flexibility index (Phi) is 21.2. The Bertz CT molecular complexity index is 552. The van der Waals surface area contributed by atoms with E-state index >= 15 is 0 Å². The van der Waals surface area contributed by atoms with Crippen LogP contribution in [-0.4, -0.2) is 44.2 Å². The first-order valence-electron chi connectivity index (χ1n) is 13.7. The normalized spacial score (nSPS) is 13.2. The minimum absolute atomic E-state index is 0.180. The topological polar surface area (TPSA) is 71.1 Å². The summed E-state index contributed by atoms with van der Waals surface area (Å²) in [6.07, 6.45) is 15.3. The van der Waals surface area contributed by atoms with Gasteiger partial charge in [-0.3, -0.25) is 9.36 Å². The van der Waals surface area contributed by atoms with Crippen LogP contribution in [0, 0.1) is 0 Å². The molecule has 35 heavy (non-hydrogen) atoms. The van der Waals surface area contributed by atoms with Crippen molar-refractivity contribution in [3.63, 3.8) is 0 Å². The van der Waals surface area contributed by atoms with Crippen molar-refractivity contribution in [2.24, 2.45) is 0 Å². The van der Waals surface area contributed by atoms with E-state index in [-0.39, 0.29) is 19.8 Å². The molecule has 0 amide bonds. The molecule has 1 atom stereocenters. The highest BCUT2D eigenvalue weighted by molar-refractivity contribution is 7.55. The Morgan fingerprint density at radius 2 is 1.20 bits per heavy atom. The van der Waals surface area contributed by atoms with E-state index in [4.69, 9.17) is 18.5 Å². The molecular formula is C26H51F2O6P. The van der Waals surface area contributed by atoms with E-state index in [0.717, 1.165) is 26.2 Å². The number of carbonyl (C=O) groups is 1. The lowest BCUT2D eigenvalue weighted by atomic mass is 10.0. The predicted molar refractivity (Wildman–Crippen MR) is 137 cm³/mol. The Morgan fingerprint density at radius 3 is 1.60 bits per heavy atom. The summed E-state index contributed by atoms with van der Waals surface area (Å²) in [6.45, 7) is 6.16. The Labute approximate surface area is 212 Å². The van der Waals surface area contributed by atoms with Crippen LogP contribution in [0.4, 0.5) is 8.78 Å². The zero-order valence-corrected chi connectivity index (χ0v) is 23.6. The van der Waals surface area contributed by atoms with E-state index in [1.165, 1.54) is 84.5 Å². The maximum absolute atomic E-state index is 14.7. The molecule has 0 aliphatic carbocycles. The second-order valence-corrected chi connectivity index (χ2v) is 11.3. The van der Waals surface area contributed by atoms with Gasteiger partial charge in [0.15, 0.2) is 0 Å². The number of halogens is 2. The standard InChI is InChI=1S/C26H51F2O6P/c1-5-8-9-10-11-12-13-14-15-16-17-18-19-20-21-31-23-25(34-24(4)29)22-26(27,28)35(30,32-6-2)33-7-3/h25H,5-23H2,1-4H3. The number of unbranched alkanes of at least 4 members (excludes halogenated alkanes) is 13. The molecule has 0 radical (unpaired) electrons. The Hall–Kier alpha value is -0.560. The molecule has 0 aliphatic rings. The van der Waals surface area contributed by atoms with E-state index in [2.05, 4.69) is 6.92 Å². The molecule has 0 bridgehead atoms. The van der Waals surface area contributed by atoms with E-state index in [9.17, 15) is 18.1 Å². The molecule has 0 heterocycles. The highest BCUT2D eigenvalue weighted by Crippen LogP contribution is 2.63. The second kappa shape index (κ2) is 21.5. The van der Waals surface area contributed by atoms with Crippen LogP contribution in [0.1, 0.15) is 124 Å². The Morgan fingerprint density at radius 1 is 0.771 bits per heavy atom. The number of hydrogen-bond acceptors (Lipinski definition) is 6. The minimum Gasteiger partial charge on any atom is -0.460 e. The lowest BCUT2D eigenvalue weighted by Gasteiger charge is -2.28. The third-order valence-electron chi connectivity index (χ3n) is 5.75. The Balaban J connectivity index is 4.04. The van der Waals surface area contributed by atoms with Crippen LogP contribution in [-0.2, 0) is 27.9 Å². The van der Waals surface area contributed by atoms with Gasteiger partial charge in [-0.15, -0.1) is 0 Å². The summed E-state index contributed by atoms with van der Waals surface area (Å²) < 4.78 is 61.9. The fraction of sp³-hybridized carbons (Fsp3) is 0.962. The van der Waals surface area contributed by atoms with Gasteiger partial charge in [0.05, 0.1) is 26.2 Å². The molecule has 0 aliphatic heterocycles. The zero-order chi connectivity index (χ0) is 26.4. The first kappa shape index (κ1) is 34.4. The van der Waals surface area contributed by atoms with Gasteiger partial charge in [-0.2, -0.15) is 8.78 Å². The number of hydrogen-bond donors (Lipinski definition) is 0. The average Bonchev–Trinajstić information content (AvgIpc) is 2.78. The highest BCUT2D eigenvalue weighted by Gasteiger charge is 2.54. The molecule has 0 fully saturated rings. The summed E-state index contributed by atoms with van der Waals surface area (Å²) in [5.41, 5.74) is -3.79. The van der Waals surface area contributed by atoms with Gasteiger partial charge in [-0.25, -0.2) is 0 Å². The lowest BCUT2D eigenvalue weighted by molar-refractivity contribution is -0.153. The van der Waals surface area contributed by atoms with Gasteiger partial charge in [-0.1, -0.05) is 90.4 Å². The fourth-order valence-electron chi connectivity index (χ4n) is 3.93. The molecule has 0 rings (SSSR count). The molecule has 0 aromatic carbocycles. The number of rotatable bonds is 25. The first-order valence-corrected chi connectivity index (χ1v) is 15.3. The van der Waals surface area contributed by atoms with Crippen LogP contribution < -0.4 is 0 Å². The molecule has 210 valence electrons. The summed E-state index contributed by atoms with van der Waals surface area (Å²) in [5, 5.41) is 0. The maximum atomic E-state index is 14.7. The van der Waals surface area contributed by atoms with Crippen molar-refractivity contribution in [3.8, 4) is 0 Å². The monoisotopic (exact) mass is 528 g/mol. The van der Waals surface area contributed by atoms with Crippen molar-refractivity contribution >= 4 is 13.6 Å². The summed E-state index contributed by atoms with van der Waals surface area (Å²) in [5.74, 6) is -0.700. The van der Waals surface area contributed by atoms with Gasteiger partial charge in [0.2, 0.25) is 0 Å². The first-order chi connectivity index (χ1) is 16.7. The van der Waals surface area contributed by atoms with Crippen molar-refractivity contribution in [2.45, 2.75) is 136 Å². The van der Waals surface area contributed by atoms with Crippen LogP contribution in [0.15, 0.2) is 0 Å². The summed E-state index contributed by atoms with van der Waals surface area (Å²) in [6, 6.07) is 0. The summed E-state index contributed by atoms with van der Waals surface area (Å²) in [4.78, 5) is 11.4. The molecule has 1 unspecified atom stereocenters. The second-order valence-electron chi connectivity index (χ2n) is 9.11. The molecule has 0 saturated carbocycles. The van der Waals surface area contributed by atoms with Crippen molar-refractivity contribution in [1.29, 1.82) is 0 Å². The minimum atomic E-state index is -4.68. The third-order valence-corrected chi connectivity index (χ3v) is 7.93. The molecule has 0 saturated heterocycles. The largest absolute Gasteiger partial charge is 0.460 e. The van der Waals surface area contributed by atoms with Crippen LogP contribution >= 0.6 is 7.60 Å². The van der Waals surface area contributed by atoms with Gasteiger partial charge in [0, 0.05) is 13.5 Å². The summed E-state index contributed by atoms with van der Waals surface area (Å²) in [7, 11) is -4.68. The number of esters is 1. The molecule has 0 aromatic rings. The van der Waals surface area contributed by atoms with Gasteiger partial charge < -0.3 is 18.5 Å². The highest BCUT2D eigenvalue weighted by atomic mass is 31.2. The quantitative estimate of drug-likeness (QED) is 0.0671. The smallest absolute Gasteiger partial charge is 0.399 e. The van der Waals surface area contributed by atoms with Gasteiger partial charge in [0.1, 0.15) is 6.10 Å². The SMILES string of the molecule is CCCCCCCCCCCCCCCCOCC(CC(F)(F)P(=O)(OCC)OCC)OC(C)=O. The number of ether oxygens (including phenoxy) is 2. The van der Waals surface area contributed by atoms with Gasteiger partial charge in [0.25, 0.3) is 0 Å². The van der Waals surface area contributed by atoms with Crippen LogP contribution in [0.25, 0.3) is 0 Å². The predicted octanol–water partition coefficient (Wildman–Crippen LogP) is 8.67. The van der Waals surface area contributed by atoms with Crippen LogP contribution in [0.3, 0.4) is 0 Å². The number of carbonyl (C=O) groups excluding carboxylic acids is 1. The maximum Gasteiger partial charge on any atom is 0.399 e. The molecule has 0 aromatic heterocycles. The zero-order valence-electron chi connectivity index (χ0n) is 22.7. The van der Waals surface area contributed by atoms with Crippen LogP contribution in [0.5, 0.6) is 0 Å². The van der Waals surface area contributed by atoms with Gasteiger partial charge in [-0.05, 0) is 20.3 Å². The van der Waals surface area contributed by atoms with E-state index < -0.39 is 31.8 Å². The summed E-state index contributed by atoms with van der Waals surface area (Å²) >= 11 is 0. The average molecular weight is 529 g/mol. The van der Waals surface area contributed by atoms with E-state index in [0.29, 0.717) is 6.61 Å². The molecule has 0 spiro atoms. The van der Waals surface area contributed by atoms with Crippen molar-refractivity contribution in [1.82, 2.24) is 0 Å². The third kappa shape index (κ3) is 17.5. The van der Waals surface area contributed by atoms with Crippen molar-refractivity contribution < 1.29 is 36.7 Å².